The highest BCUT2D eigenvalue weighted by atomic mass is 16.5. The third-order valence-corrected chi connectivity index (χ3v) is 3.55. The summed E-state index contributed by atoms with van der Waals surface area (Å²) in [5.41, 5.74) is 2.93. The van der Waals surface area contributed by atoms with Crippen LogP contribution in [0.15, 0.2) is 18.2 Å². The average molecular weight is 262 g/mol. The van der Waals surface area contributed by atoms with Gasteiger partial charge in [0.15, 0.2) is 0 Å². The lowest BCUT2D eigenvalue weighted by molar-refractivity contribution is -0.0196. The van der Waals surface area contributed by atoms with Crippen molar-refractivity contribution in [3.63, 3.8) is 0 Å². The van der Waals surface area contributed by atoms with Gasteiger partial charge in [-0.25, -0.2) is 0 Å². The van der Waals surface area contributed by atoms with E-state index in [9.17, 15) is 4.79 Å². The van der Waals surface area contributed by atoms with Crippen LogP contribution in [0.3, 0.4) is 0 Å². The van der Waals surface area contributed by atoms with Crippen LogP contribution in [-0.4, -0.2) is 50.2 Å². The standard InChI is InChI=1S/C15H22N2O2/c1-11-5-4-6-12(2)14(11)15(18)17-7-8-19-13(10-17)9-16-3/h4-6,13,16H,7-10H2,1-3H3. The van der Waals surface area contributed by atoms with Gasteiger partial charge in [-0.05, 0) is 32.0 Å². The highest BCUT2D eigenvalue weighted by Gasteiger charge is 2.26. The van der Waals surface area contributed by atoms with Gasteiger partial charge >= 0.3 is 0 Å². The minimum Gasteiger partial charge on any atom is -0.373 e. The Morgan fingerprint density at radius 2 is 2.11 bits per heavy atom. The van der Waals surface area contributed by atoms with Gasteiger partial charge in [0.1, 0.15) is 0 Å². The zero-order chi connectivity index (χ0) is 13.8. The molecule has 19 heavy (non-hydrogen) atoms. The first-order chi connectivity index (χ1) is 9.13. The summed E-state index contributed by atoms with van der Waals surface area (Å²) in [5.74, 6) is 0.125. The van der Waals surface area contributed by atoms with Crippen LogP contribution in [0.5, 0.6) is 0 Å². The number of rotatable bonds is 3. The summed E-state index contributed by atoms with van der Waals surface area (Å²) in [6.07, 6.45) is 0.0898. The monoisotopic (exact) mass is 262 g/mol. The number of carbonyl (C=O) groups excluding carboxylic acids is 1. The van der Waals surface area contributed by atoms with Crippen molar-refractivity contribution in [1.29, 1.82) is 0 Å². The third-order valence-electron chi connectivity index (χ3n) is 3.55. The number of hydrogen-bond acceptors (Lipinski definition) is 3. The van der Waals surface area contributed by atoms with Gasteiger partial charge in [0.05, 0.1) is 12.7 Å². The molecule has 1 heterocycles. The van der Waals surface area contributed by atoms with Crippen LogP contribution in [0, 0.1) is 13.8 Å². The molecule has 1 atom stereocenters. The molecule has 1 amide bonds. The summed E-state index contributed by atoms with van der Waals surface area (Å²) in [5, 5.41) is 3.10. The molecule has 1 aromatic carbocycles. The molecule has 0 aliphatic carbocycles. The minimum atomic E-state index is 0.0898. The second-order valence-corrected chi connectivity index (χ2v) is 5.07. The fourth-order valence-corrected chi connectivity index (χ4v) is 2.56. The summed E-state index contributed by atoms with van der Waals surface area (Å²) in [4.78, 5) is 14.5. The largest absolute Gasteiger partial charge is 0.373 e. The van der Waals surface area contributed by atoms with Crippen LogP contribution >= 0.6 is 0 Å². The van der Waals surface area contributed by atoms with E-state index in [-0.39, 0.29) is 12.0 Å². The zero-order valence-electron chi connectivity index (χ0n) is 11.9. The molecule has 1 aliphatic rings. The van der Waals surface area contributed by atoms with E-state index in [0.717, 1.165) is 23.2 Å². The quantitative estimate of drug-likeness (QED) is 0.894. The van der Waals surface area contributed by atoms with Crippen molar-refractivity contribution in [1.82, 2.24) is 10.2 Å². The molecular formula is C15H22N2O2. The maximum Gasteiger partial charge on any atom is 0.254 e. The van der Waals surface area contributed by atoms with Crippen molar-refractivity contribution in [2.75, 3.05) is 33.3 Å². The summed E-state index contributed by atoms with van der Waals surface area (Å²) >= 11 is 0. The lowest BCUT2D eigenvalue weighted by Crippen LogP contribution is -2.48. The molecule has 4 nitrogen and oxygen atoms in total. The van der Waals surface area contributed by atoms with Crippen molar-refractivity contribution in [2.45, 2.75) is 20.0 Å². The number of ether oxygens (including phenoxy) is 1. The average Bonchev–Trinajstić information content (AvgIpc) is 2.39. The van der Waals surface area contributed by atoms with Gasteiger partial charge < -0.3 is 15.0 Å². The first-order valence-corrected chi connectivity index (χ1v) is 6.75. The Labute approximate surface area is 114 Å². The predicted molar refractivity (Wildman–Crippen MR) is 75.5 cm³/mol. The molecule has 1 aliphatic heterocycles. The SMILES string of the molecule is CNCC1CN(C(=O)c2c(C)cccc2C)CCO1. The van der Waals surface area contributed by atoms with Crippen LogP contribution in [0.1, 0.15) is 21.5 Å². The van der Waals surface area contributed by atoms with Gasteiger partial charge in [0.2, 0.25) is 0 Å². The van der Waals surface area contributed by atoms with E-state index in [1.165, 1.54) is 0 Å². The van der Waals surface area contributed by atoms with Gasteiger partial charge in [0, 0.05) is 25.2 Å². The Kier molecular flexibility index (Phi) is 4.56. The molecule has 0 saturated carbocycles. The Balaban J connectivity index is 2.15. The van der Waals surface area contributed by atoms with E-state index in [1.807, 2.05) is 44.0 Å². The molecule has 0 spiro atoms. The molecule has 1 N–H and O–H groups in total. The van der Waals surface area contributed by atoms with E-state index < -0.39 is 0 Å². The number of nitrogens with zero attached hydrogens (tertiary/aromatic N) is 1. The number of morpholine rings is 1. The molecule has 1 saturated heterocycles. The first kappa shape index (κ1) is 14.0. The van der Waals surface area contributed by atoms with Crippen LogP contribution in [0.2, 0.25) is 0 Å². The molecule has 1 aromatic rings. The smallest absolute Gasteiger partial charge is 0.254 e. The summed E-state index contributed by atoms with van der Waals surface area (Å²) < 4.78 is 5.64. The van der Waals surface area contributed by atoms with E-state index >= 15 is 0 Å². The molecule has 0 aromatic heterocycles. The van der Waals surface area contributed by atoms with Gasteiger partial charge in [0.25, 0.3) is 5.91 Å². The molecule has 2 rings (SSSR count). The van der Waals surface area contributed by atoms with Crippen molar-refractivity contribution in [2.24, 2.45) is 0 Å². The number of hydrogen-bond donors (Lipinski definition) is 1. The van der Waals surface area contributed by atoms with E-state index in [4.69, 9.17) is 4.74 Å². The second-order valence-electron chi connectivity index (χ2n) is 5.07. The van der Waals surface area contributed by atoms with Crippen molar-refractivity contribution >= 4 is 5.91 Å². The van der Waals surface area contributed by atoms with Crippen molar-refractivity contribution in [3.8, 4) is 0 Å². The highest BCUT2D eigenvalue weighted by molar-refractivity contribution is 5.97. The van der Waals surface area contributed by atoms with E-state index in [0.29, 0.717) is 19.7 Å². The van der Waals surface area contributed by atoms with Gasteiger partial charge in [-0.15, -0.1) is 0 Å². The Hall–Kier alpha value is -1.39. The van der Waals surface area contributed by atoms with Crippen molar-refractivity contribution < 1.29 is 9.53 Å². The van der Waals surface area contributed by atoms with Gasteiger partial charge in [-0.1, -0.05) is 18.2 Å². The Morgan fingerprint density at radius 3 is 2.74 bits per heavy atom. The molecule has 1 unspecified atom stereocenters. The predicted octanol–water partition coefficient (Wildman–Crippen LogP) is 1.36. The molecule has 1 fully saturated rings. The molecule has 0 bridgehead atoms. The normalized spacial score (nSPS) is 19.5. The number of amides is 1. The van der Waals surface area contributed by atoms with Crippen LogP contribution in [-0.2, 0) is 4.74 Å². The topological polar surface area (TPSA) is 41.6 Å². The number of likely N-dealkylation sites (N-methyl/N-ethyl adjacent to an activating group) is 1. The molecule has 4 heteroatoms. The van der Waals surface area contributed by atoms with E-state index in [2.05, 4.69) is 5.32 Å². The number of aryl methyl sites for hydroxylation is 2. The maximum atomic E-state index is 12.6. The number of carbonyl (C=O) groups is 1. The Morgan fingerprint density at radius 1 is 1.42 bits per heavy atom. The first-order valence-electron chi connectivity index (χ1n) is 6.75. The molecule has 0 radical (unpaired) electrons. The maximum absolute atomic E-state index is 12.6. The third kappa shape index (κ3) is 3.14. The summed E-state index contributed by atoms with van der Waals surface area (Å²) in [6.45, 7) is 6.71. The minimum absolute atomic E-state index is 0.0898. The molecular weight excluding hydrogens is 240 g/mol. The van der Waals surface area contributed by atoms with Gasteiger partial charge in [-0.3, -0.25) is 4.79 Å². The molecule has 104 valence electrons. The number of nitrogens with one attached hydrogen (secondary N) is 1. The fourth-order valence-electron chi connectivity index (χ4n) is 2.56. The van der Waals surface area contributed by atoms with Gasteiger partial charge in [-0.2, -0.15) is 0 Å². The van der Waals surface area contributed by atoms with Crippen LogP contribution < -0.4 is 5.32 Å². The summed E-state index contributed by atoms with van der Waals surface area (Å²) in [7, 11) is 1.90. The highest BCUT2D eigenvalue weighted by Crippen LogP contribution is 2.17. The Bertz CT molecular complexity index is 437. The fraction of sp³-hybridized carbons (Fsp3) is 0.533. The van der Waals surface area contributed by atoms with E-state index in [1.54, 1.807) is 0 Å². The lowest BCUT2D eigenvalue weighted by atomic mass is 10.0. The van der Waals surface area contributed by atoms with Crippen LogP contribution in [0.25, 0.3) is 0 Å². The summed E-state index contributed by atoms with van der Waals surface area (Å²) in [6, 6.07) is 5.97. The zero-order valence-corrected chi connectivity index (χ0v) is 11.9. The van der Waals surface area contributed by atoms with Crippen molar-refractivity contribution in [3.05, 3.63) is 34.9 Å². The lowest BCUT2D eigenvalue weighted by Gasteiger charge is -2.33. The number of benzene rings is 1. The second kappa shape index (κ2) is 6.17. The van der Waals surface area contributed by atoms with Crippen LogP contribution in [0.4, 0.5) is 0 Å².